The molecule has 2 rings (SSSR count). The highest BCUT2D eigenvalue weighted by Crippen LogP contribution is 2.32. The van der Waals surface area contributed by atoms with Gasteiger partial charge in [0, 0.05) is 18.8 Å². The van der Waals surface area contributed by atoms with Gasteiger partial charge in [-0.15, -0.1) is 0 Å². The Balaban J connectivity index is 2.32. The van der Waals surface area contributed by atoms with Crippen LogP contribution < -0.4 is 10.6 Å². The quantitative estimate of drug-likeness (QED) is 0.794. The second-order valence-electron chi connectivity index (χ2n) is 4.16. The van der Waals surface area contributed by atoms with Crippen molar-refractivity contribution in [2.45, 2.75) is 32.2 Å². The lowest BCUT2D eigenvalue weighted by Crippen LogP contribution is -2.29. The fourth-order valence-electron chi connectivity index (χ4n) is 1.95. The van der Waals surface area contributed by atoms with Crippen LogP contribution in [0.4, 0.5) is 5.69 Å². The summed E-state index contributed by atoms with van der Waals surface area (Å²) in [5.74, 6) is 0. The number of aromatic nitrogens is 1. The van der Waals surface area contributed by atoms with Crippen LogP contribution in [0.2, 0.25) is 0 Å². The van der Waals surface area contributed by atoms with Gasteiger partial charge >= 0.3 is 0 Å². The smallest absolute Gasteiger partial charge is 0.124 e. The standard InChI is InChI=1S/C12H17N3S/c1-2-8-15(9-5-6-9)10-4-3-7-14-11(10)12(13)16/h3-4,7,9H,2,5-6,8H2,1H3,(H2,13,16). The zero-order chi connectivity index (χ0) is 11.5. The highest BCUT2D eigenvalue weighted by molar-refractivity contribution is 7.80. The number of anilines is 1. The van der Waals surface area contributed by atoms with Crippen molar-refractivity contribution in [3.05, 3.63) is 24.0 Å². The molecule has 0 spiro atoms. The van der Waals surface area contributed by atoms with Crippen LogP contribution in [0.3, 0.4) is 0 Å². The van der Waals surface area contributed by atoms with Gasteiger partial charge in [-0.05, 0) is 31.4 Å². The second-order valence-corrected chi connectivity index (χ2v) is 4.60. The van der Waals surface area contributed by atoms with E-state index in [9.17, 15) is 0 Å². The molecule has 1 fully saturated rings. The molecule has 2 N–H and O–H groups in total. The maximum absolute atomic E-state index is 5.71. The molecule has 3 nitrogen and oxygen atoms in total. The van der Waals surface area contributed by atoms with Crippen molar-refractivity contribution in [1.29, 1.82) is 0 Å². The molecule has 1 aliphatic rings. The van der Waals surface area contributed by atoms with E-state index in [1.807, 2.05) is 6.07 Å². The SMILES string of the molecule is CCCN(c1cccnc1C(N)=S)C1CC1. The molecule has 0 unspecified atom stereocenters. The minimum atomic E-state index is 0.386. The van der Waals surface area contributed by atoms with Gasteiger partial charge in [-0.25, -0.2) is 0 Å². The monoisotopic (exact) mass is 235 g/mol. The number of hydrogen-bond acceptors (Lipinski definition) is 3. The number of hydrogen-bond donors (Lipinski definition) is 1. The van der Waals surface area contributed by atoms with Crippen molar-refractivity contribution < 1.29 is 0 Å². The third kappa shape index (κ3) is 2.32. The first-order chi connectivity index (χ1) is 7.74. The van der Waals surface area contributed by atoms with Gasteiger partial charge in [-0.2, -0.15) is 0 Å². The maximum atomic E-state index is 5.71. The molecule has 1 saturated carbocycles. The molecule has 1 heterocycles. The van der Waals surface area contributed by atoms with E-state index in [4.69, 9.17) is 18.0 Å². The third-order valence-corrected chi connectivity index (χ3v) is 2.97. The van der Waals surface area contributed by atoms with Gasteiger partial charge < -0.3 is 10.6 Å². The van der Waals surface area contributed by atoms with Gasteiger partial charge in [0.25, 0.3) is 0 Å². The number of nitrogens with zero attached hydrogens (tertiary/aromatic N) is 2. The first kappa shape index (κ1) is 11.3. The Morgan fingerprint density at radius 1 is 1.62 bits per heavy atom. The van der Waals surface area contributed by atoms with Crippen molar-refractivity contribution >= 4 is 22.9 Å². The minimum Gasteiger partial charge on any atom is -0.388 e. The number of rotatable bonds is 5. The lowest BCUT2D eigenvalue weighted by molar-refractivity contribution is 0.760. The zero-order valence-corrected chi connectivity index (χ0v) is 10.3. The van der Waals surface area contributed by atoms with Crippen LogP contribution in [0.25, 0.3) is 0 Å². The summed E-state index contributed by atoms with van der Waals surface area (Å²) in [7, 11) is 0. The van der Waals surface area contributed by atoms with Crippen LogP contribution in [0, 0.1) is 0 Å². The van der Waals surface area contributed by atoms with Gasteiger partial charge in [0.15, 0.2) is 0 Å². The lowest BCUT2D eigenvalue weighted by atomic mass is 10.2. The summed E-state index contributed by atoms with van der Waals surface area (Å²) in [5, 5.41) is 0. The topological polar surface area (TPSA) is 42.2 Å². The van der Waals surface area contributed by atoms with Crippen LogP contribution in [0.15, 0.2) is 18.3 Å². The number of pyridine rings is 1. The predicted molar refractivity (Wildman–Crippen MR) is 70.8 cm³/mol. The number of thiocarbonyl (C=S) groups is 1. The van der Waals surface area contributed by atoms with Crippen LogP contribution in [0.5, 0.6) is 0 Å². The van der Waals surface area contributed by atoms with E-state index in [0.717, 1.165) is 24.3 Å². The van der Waals surface area contributed by atoms with E-state index in [-0.39, 0.29) is 0 Å². The van der Waals surface area contributed by atoms with Crippen LogP contribution in [0.1, 0.15) is 31.9 Å². The fourth-order valence-corrected chi connectivity index (χ4v) is 2.10. The summed E-state index contributed by atoms with van der Waals surface area (Å²) >= 11 is 5.05. The van der Waals surface area contributed by atoms with E-state index in [2.05, 4.69) is 22.9 Å². The van der Waals surface area contributed by atoms with Crippen molar-refractivity contribution in [1.82, 2.24) is 4.98 Å². The van der Waals surface area contributed by atoms with Gasteiger partial charge in [0.05, 0.1) is 5.69 Å². The summed E-state index contributed by atoms with van der Waals surface area (Å²) in [6, 6.07) is 4.68. The highest BCUT2D eigenvalue weighted by atomic mass is 32.1. The molecular formula is C12H17N3S. The summed E-state index contributed by atoms with van der Waals surface area (Å²) in [6.45, 7) is 3.23. The molecule has 16 heavy (non-hydrogen) atoms. The highest BCUT2D eigenvalue weighted by Gasteiger charge is 2.30. The van der Waals surface area contributed by atoms with E-state index in [1.54, 1.807) is 6.20 Å². The fraction of sp³-hybridized carbons (Fsp3) is 0.500. The van der Waals surface area contributed by atoms with Gasteiger partial charge in [0.2, 0.25) is 0 Å². The van der Waals surface area contributed by atoms with Gasteiger partial charge in [-0.1, -0.05) is 19.1 Å². The molecule has 0 aliphatic heterocycles. The average molecular weight is 235 g/mol. The molecule has 0 amide bonds. The molecule has 0 radical (unpaired) electrons. The average Bonchev–Trinajstić information content (AvgIpc) is 3.10. The molecule has 0 atom stereocenters. The largest absolute Gasteiger partial charge is 0.388 e. The van der Waals surface area contributed by atoms with E-state index in [1.165, 1.54) is 12.8 Å². The van der Waals surface area contributed by atoms with Crippen LogP contribution in [-0.2, 0) is 0 Å². The zero-order valence-electron chi connectivity index (χ0n) is 9.52. The van der Waals surface area contributed by atoms with E-state index < -0.39 is 0 Å². The molecule has 1 aliphatic carbocycles. The minimum absolute atomic E-state index is 0.386. The molecule has 0 aromatic carbocycles. The molecule has 0 saturated heterocycles. The van der Waals surface area contributed by atoms with Crippen molar-refractivity contribution in [3.63, 3.8) is 0 Å². The van der Waals surface area contributed by atoms with Crippen molar-refractivity contribution in [3.8, 4) is 0 Å². The molecule has 0 bridgehead atoms. The predicted octanol–water partition coefficient (Wildman–Crippen LogP) is 2.09. The van der Waals surface area contributed by atoms with Crippen molar-refractivity contribution in [2.24, 2.45) is 5.73 Å². The van der Waals surface area contributed by atoms with Gasteiger partial charge in [0.1, 0.15) is 10.7 Å². The summed E-state index contributed by atoms with van der Waals surface area (Å²) < 4.78 is 0. The normalized spacial score (nSPS) is 14.8. The Morgan fingerprint density at radius 2 is 2.38 bits per heavy atom. The molecule has 1 aromatic heterocycles. The first-order valence-corrected chi connectivity index (χ1v) is 6.16. The van der Waals surface area contributed by atoms with Crippen LogP contribution >= 0.6 is 12.2 Å². The van der Waals surface area contributed by atoms with Gasteiger partial charge in [-0.3, -0.25) is 4.98 Å². The Hall–Kier alpha value is -1.16. The van der Waals surface area contributed by atoms with E-state index in [0.29, 0.717) is 11.0 Å². The van der Waals surface area contributed by atoms with E-state index >= 15 is 0 Å². The molecular weight excluding hydrogens is 218 g/mol. The summed E-state index contributed by atoms with van der Waals surface area (Å²) in [6.07, 6.45) is 5.41. The Kier molecular flexibility index (Phi) is 3.39. The van der Waals surface area contributed by atoms with Crippen molar-refractivity contribution in [2.75, 3.05) is 11.4 Å². The first-order valence-electron chi connectivity index (χ1n) is 5.75. The maximum Gasteiger partial charge on any atom is 0.124 e. The molecule has 86 valence electrons. The lowest BCUT2D eigenvalue weighted by Gasteiger charge is -2.25. The summed E-state index contributed by atoms with van der Waals surface area (Å²) in [4.78, 5) is 7.06. The Bertz CT molecular complexity index is 388. The Morgan fingerprint density at radius 3 is 2.94 bits per heavy atom. The second kappa shape index (κ2) is 4.78. The third-order valence-electron chi connectivity index (χ3n) is 2.78. The molecule has 4 heteroatoms. The van der Waals surface area contributed by atoms with Crippen LogP contribution in [-0.4, -0.2) is 22.6 Å². The summed E-state index contributed by atoms with van der Waals surface area (Å²) in [5.41, 5.74) is 7.57. The Labute approximate surface area is 102 Å². The molecule has 1 aromatic rings. The number of nitrogens with two attached hydrogens (primary N) is 1.